The smallest absolute Gasteiger partial charge is 0.187 e. The van der Waals surface area contributed by atoms with E-state index in [9.17, 15) is 123 Å². The highest BCUT2D eigenvalue weighted by molar-refractivity contribution is 7.80. The molecule has 0 radical (unpaired) electrons. The van der Waals surface area contributed by atoms with Crippen molar-refractivity contribution < 1.29 is 198 Å². The van der Waals surface area contributed by atoms with Crippen LogP contribution in [0.1, 0.15) is 13.3 Å². The molecule has 0 spiro atoms. The molecule has 0 bridgehead atoms. The van der Waals surface area contributed by atoms with Gasteiger partial charge in [-0.05, 0) is 12.2 Å². The summed E-state index contributed by atoms with van der Waals surface area (Å²) in [7, 11) is 0. The normalized spacial score (nSPS) is 51.8. The largest absolute Gasteiger partial charge is 0.394 e. The average Bonchev–Trinajstić information content (AvgIpc) is 0.800. The number of thiol groups is 1. The van der Waals surface area contributed by atoms with E-state index in [4.69, 9.17) is 75.8 Å². The molecule has 0 aliphatic carbocycles. The third-order valence-electron chi connectivity index (χ3n) is 17.5. The fraction of sp³-hybridized carbons (Fsp3) is 1.00. The summed E-state index contributed by atoms with van der Waals surface area (Å²) in [6.07, 6.45) is -75.9. The standard InChI is InChI=1S/C52H90O40S/c1-13-22(60)23(61)14(5-53)79-45(13)91-44-31(69)27(65)18(9-57)83-52(44)89-41-21(86-46(77-3-2-4-93)38(76)42(41)90-48-35(73)29(67)25(63)16(7-55)81-48)12-78-51-43(30(68)26(64)17(8-56)82-51)92-50-37(75)33(71)40(20(11-59)85-50)88-49-36(74)32(70)39(19(10-58)84-49)87-47-34(72)28(66)24(62)15(6-54)80-47/h13-76,93H,2-12H2,1H3/t13?,14?,15?,16?,17?,18?,19?,20?,21?,22-,23-,24+,25-,26-,27-,28+,29+,30+,31+,32-,33-,34?,35?,36?,37?,38?,39+,40-,41-,42-,43?,44?,45+,46+,47-,48+,49+,50-,51-,52+/m1/s1. The molecule has 8 rings (SSSR count). The first kappa shape index (κ1) is 77.5. The Balaban J connectivity index is 1.07. The van der Waals surface area contributed by atoms with Crippen LogP contribution in [0.25, 0.3) is 0 Å². The number of rotatable bonds is 26. The van der Waals surface area contributed by atoms with Crippen LogP contribution < -0.4 is 0 Å². The van der Waals surface area contributed by atoms with Crippen molar-refractivity contribution in [3.63, 3.8) is 0 Å². The zero-order valence-electron chi connectivity index (χ0n) is 49.6. The summed E-state index contributed by atoms with van der Waals surface area (Å²) in [5.41, 5.74) is 0. The molecule has 8 aliphatic rings. The molecule has 0 aromatic carbocycles. The van der Waals surface area contributed by atoms with E-state index in [2.05, 4.69) is 12.6 Å². The molecule has 8 aliphatic heterocycles. The Morgan fingerprint density at radius 1 is 0.258 bits per heavy atom. The van der Waals surface area contributed by atoms with Crippen molar-refractivity contribution in [1.82, 2.24) is 0 Å². The van der Waals surface area contributed by atoms with Crippen molar-refractivity contribution >= 4 is 12.6 Å². The molecule has 16 unspecified atom stereocenters. The van der Waals surface area contributed by atoms with Crippen LogP contribution in [-0.2, 0) is 75.8 Å². The van der Waals surface area contributed by atoms with Crippen molar-refractivity contribution in [2.75, 3.05) is 65.2 Å². The Kier molecular flexibility index (Phi) is 28.7. The highest BCUT2D eigenvalue weighted by atomic mass is 32.1. The van der Waals surface area contributed by atoms with Crippen molar-refractivity contribution in [2.24, 2.45) is 5.92 Å². The molecular weight excluding hydrogens is 1300 g/mol. The van der Waals surface area contributed by atoms with Gasteiger partial charge in [0.25, 0.3) is 0 Å². The molecule has 41 heteroatoms. The monoisotopic (exact) mass is 1390 g/mol. The maximum Gasteiger partial charge on any atom is 0.187 e. The van der Waals surface area contributed by atoms with Crippen LogP contribution in [0.4, 0.5) is 0 Å². The van der Waals surface area contributed by atoms with Crippen molar-refractivity contribution in [3.05, 3.63) is 0 Å². The van der Waals surface area contributed by atoms with E-state index >= 15 is 0 Å². The Bertz CT molecular complexity index is 2210. The summed E-state index contributed by atoms with van der Waals surface area (Å²) in [6, 6.07) is 0. The predicted octanol–water partition coefficient (Wildman–Crippen LogP) is -15.8. The SMILES string of the molecule is CC1[C@H](OC2[C@H](O[C@@H]3C(CO[C@@H]4OC(CO)[C@@H](O)[C@H](O)C4O[C@H]4OC(CO)[C@@H](O[C@@H]5OC(CO)[C@H](O[C@H]6OC(CO)[C@H](O)[C@H](O)C6O)[C@H](O)C5O)[C@H](O)C4O)O[C@H](OCCCS)C(O)[C@H]3O[C@@H]3OC(CO)[C@@H](O)[C@H](O)C3O)OC(CO)[C@@H](O)[C@@H]2O)OC(CO)[C@@H](O)[C@@H]1O. The first-order valence-electron chi connectivity index (χ1n) is 30.1. The van der Waals surface area contributed by atoms with E-state index in [0.29, 0.717) is 0 Å². The summed E-state index contributed by atoms with van der Waals surface area (Å²) in [5.74, 6) is -0.954. The molecule has 0 aromatic rings. The minimum absolute atomic E-state index is 0.208. The Hall–Kier alpha value is -1.25. The second-order valence-corrected chi connectivity index (χ2v) is 24.2. The summed E-state index contributed by atoms with van der Waals surface area (Å²) >= 11 is 4.19. The van der Waals surface area contributed by atoms with E-state index in [1.54, 1.807) is 0 Å². The molecule has 0 saturated carbocycles. The lowest BCUT2D eigenvalue weighted by molar-refractivity contribution is -0.405. The highest BCUT2D eigenvalue weighted by Crippen LogP contribution is 2.40. The van der Waals surface area contributed by atoms with Gasteiger partial charge < -0.3 is 198 Å². The van der Waals surface area contributed by atoms with Crippen molar-refractivity contribution in [2.45, 2.75) is 253 Å². The molecule has 40 atom stereocenters. The van der Waals surface area contributed by atoms with Crippen LogP contribution in [0, 0.1) is 5.92 Å². The number of aliphatic hydroxyl groups is 24. The van der Waals surface area contributed by atoms with Crippen molar-refractivity contribution in [3.8, 4) is 0 Å². The van der Waals surface area contributed by atoms with Gasteiger partial charge in [-0.2, -0.15) is 12.6 Å². The van der Waals surface area contributed by atoms with Gasteiger partial charge in [-0.3, -0.25) is 0 Å². The number of hydrogen-bond acceptors (Lipinski definition) is 41. The van der Waals surface area contributed by atoms with Crippen LogP contribution in [0.3, 0.4) is 0 Å². The van der Waals surface area contributed by atoms with Gasteiger partial charge in [0, 0.05) is 5.92 Å². The maximum absolute atomic E-state index is 12.2. The van der Waals surface area contributed by atoms with E-state index in [1.165, 1.54) is 6.92 Å². The van der Waals surface area contributed by atoms with E-state index in [1.807, 2.05) is 0 Å². The predicted molar refractivity (Wildman–Crippen MR) is 290 cm³/mol. The quantitative estimate of drug-likeness (QED) is 0.0282. The van der Waals surface area contributed by atoms with Gasteiger partial charge in [-0.1, -0.05) is 6.92 Å². The fourth-order valence-electron chi connectivity index (χ4n) is 11.9. The number of aliphatic hydroxyl groups excluding tert-OH is 24. The van der Waals surface area contributed by atoms with Gasteiger partial charge >= 0.3 is 0 Å². The minimum atomic E-state index is -2.33. The maximum atomic E-state index is 12.2. The lowest BCUT2D eigenvalue weighted by Gasteiger charge is -2.51. The lowest BCUT2D eigenvalue weighted by atomic mass is 9.92. The van der Waals surface area contributed by atoms with E-state index in [0.717, 1.165) is 0 Å². The first-order chi connectivity index (χ1) is 44.2. The zero-order valence-corrected chi connectivity index (χ0v) is 50.5. The zero-order chi connectivity index (χ0) is 68.2. The Morgan fingerprint density at radius 3 is 0.989 bits per heavy atom. The number of ether oxygens (including phenoxy) is 16. The van der Waals surface area contributed by atoms with Crippen LogP contribution >= 0.6 is 12.6 Å². The summed E-state index contributed by atoms with van der Waals surface area (Å²) < 4.78 is 94.3. The minimum Gasteiger partial charge on any atom is -0.394 e. The number of hydrogen-bond donors (Lipinski definition) is 25. The topological polar surface area (TPSA) is 633 Å². The van der Waals surface area contributed by atoms with Gasteiger partial charge in [-0.15, -0.1) is 0 Å². The molecule has 544 valence electrons. The fourth-order valence-corrected chi connectivity index (χ4v) is 12.0. The molecule has 40 nitrogen and oxygen atoms in total. The lowest BCUT2D eigenvalue weighted by Crippen LogP contribution is -2.68. The summed E-state index contributed by atoms with van der Waals surface area (Å²) in [6.45, 7) is -6.77. The van der Waals surface area contributed by atoms with Crippen molar-refractivity contribution in [1.29, 1.82) is 0 Å². The molecule has 0 amide bonds. The van der Waals surface area contributed by atoms with Crippen LogP contribution in [0.15, 0.2) is 0 Å². The summed E-state index contributed by atoms with van der Waals surface area (Å²) in [5, 5.41) is 260. The van der Waals surface area contributed by atoms with E-state index in [-0.39, 0.29) is 18.8 Å². The average molecular weight is 1390 g/mol. The second kappa shape index (κ2) is 34.4. The second-order valence-electron chi connectivity index (χ2n) is 23.7. The molecular formula is C52H90O40S. The molecule has 8 saturated heterocycles. The van der Waals surface area contributed by atoms with Gasteiger partial charge in [0.2, 0.25) is 0 Å². The molecule has 8 heterocycles. The van der Waals surface area contributed by atoms with E-state index < -0.39 is 298 Å². The molecule has 93 heavy (non-hydrogen) atoms. The molecule has 8 fully saturated rings. The van der Waals surface area contributed by atoms with Crippen LogP contribution in [-0.4, -0.2) is 427 Å². The van der Waals surface area contributed by atoms with Gasteiger partial charge in [0.05, 0.1) is 65.6 Å². The Labute approximate surface area is 533 Å². The highest BCUT2D eigenvalue weighted by Gasteiger charge is 2.60. The summed E-state index contributed by atoms with van der Waals surface area (Å²) in [4.78, 5) is 0. The van der Waals surface area contributed by atoms with Gasteiger partial charge in [0.15, 0.2) is 50.3 Å². The molecule has 0 aromatic heterocycles. The van der Waals surface area contributed by atoms with Crippen LogP contribution in [0.5, 0.6) is 0 Å². The molecule has 24 N–H and O–H groups in total. The van der Waals surface area contributed by atoms with Gasteiger partial charge in [0.1, 0.15) is 183 Å². The third-order valence-corrected chi connectivity index (χ3v) is 17.9. The van der Waals surface area contributed by atoms with Gasteiger partial charge in [-0.25, -0.2) is 0 Å². The first-order valence-corrected chi connectivity index (χ1v) is 30.7. The Morgan fingerprint density at radius 2 is 0.559 bits per heavy atom. The van der Waals surface area contributed by atoms with Crippen LogP contribution in [0.2, 0.25) is 0 Å². The third kappa shape index (κ3) is 16.7.